The molecule has 2 unspecified atom stereocenters. The molecule has 1 heterocycles. The first kappa shape index (κ1) is 50.9. The molecule has 1 fully saturated rings. The highest BCUT2D eigenvalue weighted by Gasteiger charge is 2.44. The van der Waals surface area contributed by atoms with Gasteiger partial charge in [0.05, 0.1) is 13.2 Å². The van der Waals surface area contributed by atoms with E-state index in [1.165, 1.54) is 83.5 Å². The summed E-state index contributed by atoms with van der Waals surface area (Å²) in [5, 5.41) is 40.0. The largest absolute Gasteiger partial charge is 0.462 e. The molecule has 0 bridgehead atoms. The monoisotopic (exact) mass is 781 g/mol. The second kappa shape index (κ2) is 36.3. The highest BCUT2D eigenvalue weighted by Crippen LogP contribution is 2.22. The van der Waals surface area contributed by atoms with E-state index in [2.05, 4.69) is 50.3 Å². The number of hydrogen-bond acceptors (Lipinski definition) is 10. The summed E-state index contributed by atoms with van der Waals surface area (Å²) in [6.45, 7) is 3.36. The van der Waals surface area contributed by atoms with Gasteiger partial charge in [-0.25, -0.2) is 0 Å². The Balaban J connectivity index is 2.37. The molecule has 320 valence electrons. The van der Waals surface area contributed by atoms with E-state index < -0.39 is 55.4 Å². The van der Waals surface area contributed by atoms with E-state index in [4.69, 9.17) is 18.9 Å². The van der Waals surface area contributed by atoms with E-state index in [0.717, 1.165) is 57.8 Å². The number of esters is 2. The molecular weight excluding hydrogens is 700 g/mol. The third-order valence-electron chi connectivity index (χ3n) is 10.0. The molecule has 0 aromatic carbocycles. The lowest BCUT2D eigenvalue weighted by molar-refractivity contribution is -0.305. The lowest BCUT2D eigenvalue weighted by Crippen LogP contribution is -2.59. The number of aliphatic hydroxyl groups excluding tert-OH is 4. The van der Waals surface area contributed by atoms with Gasteiger partial charge in [0.25, 0.3) is 0 Å². The maximum Gasteiger partial charge on any atom is 0.306 e. The molecule has 0 radical (unpaired) electrons. The van der Waals surface area contributed by atoms with Gasteiger partial charge < -0.3 is 39.4 Å². The first-order chi connectivity index (χ1) is 26.8. The molecule has 1 aliphatic rings. The number of hydrogen-bond donors (Lipinski definition) is 4. The molecule has 0 aliphatic carbocycles. The highest BCUT2D eigenvalue weighted by atomic mass is 16.7. The summed E-state index contributed by atoms with van der Waals surface area (Å²) in [5.41, 5.74) is 0. The Morgan fingerprint density at radius 1 is 0.564 bits per heavy atom. The smallest absolute Gasteiger partial charge is 0.306 e. The van der Waals surface area contributed by atoms with Crippen molar-refractivity contribution in [2.75, 3.05) is 19.8 Å². The number of ether oxygens (including phenoxy) is 4. The fourth-order valence-electron chi connectivity index (χ4n) is 6.47. The van der Waals surface area contributed by atoms with E-state index in [1.54, 1.807) is 0 Å². The maximum absolute atomic E-state index is 12.7. The zero-order valence-corrected chi connectivity index (χ0v) is 34.7. The number of aliphatic hydroxyl groups is 4. The summed E-state index contributed by atoms with van der Waals surface area (Å²) < 4.78 is 22.1. The van der Waals surface area contributed by atoms with Crippen LogP contribution < -0.4 is 0 Å². The van der Waals surface area contributed by atoms with Gasteiger partial charge in [-0.1, -0.05) is 140 Å². The van der Waals surface area contributed by atoms with Crippen LogP contribution in [0.5, 0.6) is 0 Å². The summed E-state index contributed by atoms with van der Waals surface area (Å²) in [7, 11) is 0. The van der Waals surface area contributed by atoms with Crippen molar-refractivity contribution in [1.29, 1.82) is 0 Å². The molecule has 55 heavy (non-hydrogen) atoms. The third-order valence-corrected chi connectivity index (χ3v) is 10.0. The molecule has 6 atom stereocenters. The Labute approximate surface area is 334 Å². The number of allylic oxidation sites excluding steroid dienone is 6. The maximum atomic E-state index is 12.7. The topological polar surface area (TPSA) is 152 Å². The quantitative estimate of drug-likeness (QED) is 0.0210. The minimum atomic E-state index is -1.60. The first-order valence-corrected chi connectivity index (χ1v) is 22.1. The van der Waals surface area contributed by atoms with Crippen molar-refractivity contribution in [3.8, 4) is 0 Å². The summed E-state index contributed by atoms with van der Waals surface area (Å²) in [4.78, 5) is 25.3. The molecular formula is C45H80O10. The van der Waals surface area contributed by atoms with E-state index >= 15 is 0 Å². The summed E-state index contributed by atoms with van der Waals surface area (Å²) in [6.07, 6.45) is 32.9. The van der Waals surface area contributed by atoms with Crippen LogP contribution in [-0.4, -0.2) is 89.0 Å². The van der Waals surface area contributed by atoms with Crippen LogP contribution in [-0.2, 0) is 28.5 Å². The Morgan fingerprint density at radius 2 is 1.02 bits per heavy atom. The van der Waals surface area contributed by atoms with Crippen LogP contribution in [0.4, 0.5) is 0 Å². The molecule has 0 aromatic heterocycles. The van der Waals surface area contributed by atoms with Gasteiger partial charge >= 0.3 is 11.9 Å². The average Bonchev–Trinajstić information content (AvgIpc) is 3.18. The molecule has 0 saturated carbocycles. The van der Waals surface area contributed by atoms with Gasteiger partial charge in [0.1, 0.15) is 31.0 Å². The summed E-state index contributed by atoms with van der Waals surface area (Å²) in [5.74, 6) is -0.849. The van der Waals surface area contributed by atoms with Crippen LogP contribution >= 0.6 is 0 Å². The predicted octanol–water partition coefficient (Wildman–Crippen LogP) is 9.11. The van der Waals surface area contributed by atoms with Gasteiger partial charge in [-0.2, -0.15) is 0 Å². The molecule has 1 saturated heterocycles. The molecule has 10 nitrogen and oxygen atoms in total. The number of rotatable bonds is 36. The number of carbonyl (C=O) groups excluding carboxylic acids is 2. The van der Waals surface area contributed by atoms with Crippen molar-refractivity contribution >= 4 is 11.9 Å². The van der Waals surface area contributed by atoms with Crippen molar-refractivity contribution in [3.63, 3.8) is 0 Å². The fourth-order valence-corrected chi connectivity index (χ4v) is 6.47. The van der Waals surface area contributed by atoms with Crippen LogP contribution in [0.3, 0.4) is 0 Å². The Kier molecular flexibility index (Phi) is 33.6. The zero-order valence-electron chi connectivity index (χ0n) is 34.7. The predicted molar refractivity (Wildman–Crippen MR) is 219 cm³/mol. The zero-order chi connectivity index (χ0) is 40.2. The lowest BCUT2D eigenvalue weighted by Gasteiger charge is -2.39. The van der Waals surface area contributed by atoms with Gasteiger partial charge in [-0.15, -0.1) is 0 Å². The van der Waals surface area contributed by atoms with Gasteiger partial charge in [0.15, 0.2) is 12.4 Å². The van der Waals surface area contributed by atoms with Gasteiger partial charge in [0.2, 0.25) is 0 Å². The van der Waals surface area contributed by atoms with E-state index in [0.29, 0.717) is 12.8 Å². The molecule has 1 aliphatic heterocycles. The Morgan fingerprint density at radius 3 is 1.58 bits per heavy atom. The van der Waals surface area contributed by atoms with Gasteiger partial charge in [0, 0.05) is 12.8 Å². The standard InChI is InChI=1S/C45H80O10/c1-3-5-7-9-11-13-15-17-19-21-23-25-27-29-31-33-40(47)52-36-38(37-53-45-44(51)43(50)42(49)39(35-46)55-45)54-41(48)34-32-30-28-26-24-22-20-18-16-14-12-10-8-6-4-2/h14,16,18,20,23,25,38-39,42-46,49-51H,3-13,15,17,19,21-22,24,26-37H2,1-2H3/b16-14+,20-18+,25-23+/t38-,39-,42+,43?,44?,45-/m0/s1. The molecule has 4 N–H and O–H groups in total. The van der Waals surface area contributed by atoms with Crippen LogP contribution in [0.25, 0.3) is 0 Å². The van der Waals surface area contributed by atoms with Crippen molar-refractivity contribution in [1.82, 2.24) is 0 Å². The van der Waals surface area contributed by atoms with E-state index in [-0.39, 0.29) is 26.1 Å². The van der Waals surface area contributed by atoms with Crippen LogP contribution in [0.15, 0.2) is 36.5 Å². The Bertz CT molecular complexity index is 996. The van der Waals surface area contributed by atoms with Crippen molar-refractivity contribution in [2.45, 2.75) is 218 Å². The molecule has 0 amide bonds. The van der Waals surface area contributed by atoms with Crippen LogP contribution in [0.1, 0.15) is 181 Å². The normalized spacial score (nSPS) is 20.9. The van der Waals surface area contributed by atoms with E-state index in [9.17, 15) is 30.0 Å². The minimum absolute atomic E-state index is 0.208. The van der Waals surface area contributed by atoms with Crippen molar-refractivity contribution < 1.29 is 49.0 Å². The third kappa shape index (κ3) is 28.0. The van der Waals surface area contributed by atoms with Crippen LogP contribution in [0.2, 0.25) is 0 Å². The second-order valence-corrected chi connectivity index (χ2v) is 15.2. The molecule has 10 heteroatoms. The van der Waals surface area contributed by atoms with Crippen LogP contribution in [0, 0.1) is 0 Å². The minimum Gasteiger partial charge on any atom is -0.462 e. The average molecular weight is 781 g/mol. The molecule has 0 aromatic rings. The van der Waals surface area contributed by atoms with Crippen molar-refractivity contribution in [2.24, 2.45) is 0 Å². The lowest BCUT2D eigenvalue weighted by atomic mass is 9.99. The van der Waals surface area contributed by atoms with Crippen molar-refractivity contribution in [3.05, 3.63) is 36.5 Å². The summed E-state index contributed by atoms with van der Waals surface area (Å²) >= 11 is 0. The summed E-state index contributed by atoms with van der Waals surface area (Å²) in [6, 6.07) is 0. The second-order valence-electron chi connectivity index (χ2n) is 15.2. The first-order valence-electron chi connectivity index (χ1n) is 22.1. The number of unbranched alkanes of at least 4 members (excludes halogenated alkanes) is 20. The number of carbonyl (C=O) groups is 2. The van der Waals surface area contributed by atoms with E-state index in [1.807, 2.05) is 0 Å². The highest BCUT2D eigenvalue weighted by molar-refractivity contribution is 5.70. The van der Waals surface area contributed by atoms with Gasteiger partial charge in [-0.05, 0) is 64.2 Å². The Hall–Kier alpha value is -2.08. The fraction of sp³-hybridized carbons (Fsp3) is 0.822. The SMILES string of the molecule is CCCCCC/C=C/C=C/CCCCCCCC(=O)O[C@@H](COC(=O)CCCC/C=C/CCCCCCCCCCC)CO[C@H]1O[C@@H](CO)[C@@H](O)C(O)C1O. The molecule has 1 rings (SSSR count). The van der Waals surface area contributed by atoms with Gasteiger partial charge in [-0.3, -0.25) is 9.59 Å². The molecule has 0 spiro atoms.